The fraction of sp³-hybridized carbons (Fsp3) is 0.0323. The molecular formula is C62H42N2O. The monoisotopic (exact) mass is 830 g/mol. The highest BCUT2D eigenvalue weighted by atomic mass is 16.3. The van der Waals surface area contributed by atoms with Crippen molar-refractivity contribution in [1.29, 1.82) is 0 Å². The molecule has 0 amide bonds. The lowest BCUT2D eigenvalue weighted by molar-refractivity contribution is 0.669. The van der Waals surface area contributed by atoms with Gasteiger partial charge in [-0.15, -0.1) is 0 Å². The first-order valence-corrected chi connectivity index (χ1v) is 22.3. The summed E-state index contributed by atoms with van der Waals surface area (Å²) in [7, 11) is 0. The molecule has 12 rings (SSSR count). The highest BCUT2D eigenvalue weighted by Crippen LogP contribution is 2.42. The van der Waals surface area contributed by atoms with E-state index in [4.69, 9.17) is 14.4 Å². The number of benzene rings is 10. The number of hydrogen-bond acceptors (Lipinski definition) is 3. The summed E-state index contributed by atoms with van der Waals surface area (Å²) in [5.74, 6) is 0.670. The van der Waals surface area contributed by atoms with Crippen molar-refractivity contribution >= 4 is 43.5 Å². The van der Waals surface area contributed by atoms with E-state index in [9.17, 15) is 0 Å². The molecule has 0 fully saturated rings. The Morgan fingerprint density at radius 1 is 0.369 bits per heavy atom. The molecule has 0 aliphatic heterocycles. The van der Waals surface area contributed by atoms with Crippen molar-refractivity contribution in [2.45, 2.75) is 13.3 Å². The van der Waals surface area contributed by atoms with E-state index >= 15 is 0 Å². The summed E-state index contributed by atoms with van der Waals surface area (Å²) in [6.07, 6.45) is 0.875. The zero-order valence-electron chi connectivity index (χ0n) is 35.9. The van der Waals surface area contributed by atoms with E-state index in [-0.39, 0.29) is 0 Å². The van der Waals surface area contributed by atoms with Crippen molar-refractivity contribution in [3.05, 3.63) is 241 Å². The summed E-state index contributed by atoms with van der Waals surface area (Å²) < 4.78 is 6.66. The maximum Gasteiger partial charge on any atom is 0.160 e. The molecule has 0 atom stereocenters. The molecule has 0 saturated carbocycles. The van der Waals surface area contributed by atoms with Gasteiger partial charge < -0.3 is 4.42 Å². The number of nitrogens with zero attached hydrogens (tertiary/aromatic N) is 2. The molecule has 0 aliphatic rings. The third-order valence-corrected chi connectivity index (χ3v) is 12.9. The predicted molar refractivity (Wildman–Crippen MR) is 271 cm³/mol. The number of aromatic nitrogens is 2. The highest BCUT2D eigenvalue weighted by molar-refractivity contribution is 6.14. The van der Waals surface area contributed by atoms with Gasteiger partial charge in [-0.2, -0.15) is 0 Å². The van der Waals surface area contributed by atoms with E-state index in [0.717, 1.165) is 95.4 Å². The minimum absolute atomic E-state index is 0.670. The lowest BCUT2D eigenvalue weighted by Gasteiger charge is -2.15. The van der Waals surface area contributed by atoms with Crippen LogP contribution < -0.4 is 0 Å². The minimum atomic E-state index is 0.670. The van der Waals surface area contributed by atoms with Crippen LogP contribution in [0.25, 0.3) is 111 Å². The van der Waals surface area contributed by atoms with Gasteiger partial charge in [0, 0.05) is 33.0 Å². The summed E-state index contributed by atoms with van der Waals surface area (Å²) in [5.41, 5.74) is 16.9. The molecule has 10 aromatic carbocycles. The number of fused-ring (bicyclic) bond motifs is 6. The largest absolute Gasteiger partial charge is 0.456 e. The van der Waals surface area contributed by atoms with Crippen molar-refractivity contribution in [2.75, 3.05) is 0 Å². The Labute approximate surface area is 378 Å². The van der Waals surface area contributed by atoms with E-state index in [1.165, 1.54) is 32.7 Å². The van der Waals surface area contributed by atoms with Crippen LogP contribution in [0, 0.1) is 6.92 Å². The Hall–Kier alpha value is -8.40. The smallest absolute Gasteiger partial charge is 0.160 e. The van der Waals surface area contributed by atoms with Crippen LogP contribution in [0.1, 0.15) is 16.7 Å². The van der Waals surface area contributed by atoms with Crippen molar-refractivity contribution in [3.8, 4) is 67.3 Å². The molecule has 3 heteroatoms. The standard InChI is InChI=1S/C62H42N2O/c1-40-60(49-25-13-23-44(35-49)42-18-7-3-8-19-42)63-62(50-26-14-24-45(36-50)43-20-9-4-10-21-43)64-61(40)54-28-15-29-58-59(54)56-39-47(31-33-57(56)65-58)46-30-32-53-51(34-41-16-5-2-6-17-41)37-48-22-11-12-27-52(48)55(53)38-46/h2-33,35-39H,34H2,1H3. The molecule has 3 nitrogen and oxygen atoms in total. The maximum atomic E-state index is 6.66. The first-order chi connectivity index (χ1) is 32.1. The van der Waals surface area contributed by atoms with Gasteiger partial charge in [0.1, 0.15) is 11.2 Å². The average Bonchev–Trinajstić information content (AvgIpc) is 3.76. The van der Waals surface area contributed by atoms with Gasteiger partial charge in [0.25, 0.3) is 0 Å². The Bertz CT molecular complexity index is 3740. The summed E-state index contributed by atoms with van der Waals surface area (Å²) in [4.78, 5) is 10.9. The lowest BCUT2D eigenvalue weighted by atomic mass is 9.91. The molecule has 306 valence electrons. The molecule has 0 spiro atoms. The Morgan fingerprint density at radius 3 is 1.69 bits per heavy atom. The van der Waals surface area contributed by atoms with Gasteiger partial charge in [-0.3, -0.25) is 0 Å². The van der Waals surface area contributed by atoms with Crippen molar-refractivity contribution in [1.82, 2.24) is 9.97 Å². The zero-order valence-corrected chi connectivity index (χ0v) is 35.9. The normalized spacial score (nSPS) is 11.5. The van der Waals surface area contributed by atoms with Crippen molar-refractivity contribution < 1.29 is 4.42 Å². The third-order valence-electron chi connectivity index (χ3n) is 12.9. The maximum absolute atomic E-state index is 6.66. The zero-order chi connectivity index (χ0) is 43.3. The molecule has 0 unspecified atom stereocenters. The van der Waals surface area contributed by atoms with Crippen LogP contribution in [-0.4, -0.2) is 9.97 Å². The van der Waals surface area contributed by atoms with Gasteiger partial charge in [0.15, 0.2) is 5.82 Å². The van der Waals surface area contributed by atoms with Crippen LogP contribution in [0.2, 0.25) is 0 Å². The van der Waals surface area contributed by atoms with E-state index in [1.54, 1.807) is 0 Å². The first-order valence-electron chi connectivity index (χ1n) is 22.3. The van der Waals surface area contributed by atoms with Crippen LogP contribution in [0.15, 0.2) is 229 Å². The lowest BCUT2D eigenvalue weighted by Crippen LogP contribution is -2.01. The number of hydrogen-bond donors (Lipinski definition) is 0. The summed E-state index contributed by atoms with van der Waals surface area (Å²) >= 11 is 0. The van der Waals surface area contributed by atoms with E-state index in [1.807, 2.05) is 6.07 Å². The van der Waals surface area contributed by atoms with Gasteiger partial charge in [-0.05, 0) is 116 Å². The van der Waals surface area contributed by atoms with Crippen LogP contribution >= 0.6 is 0 Å². The second-order valence-electron chi connectivity index (χ2n) is 16.9. The van der Waals surface area contributed by atoms with Gasteiger partial charge in [-0.1, -0.05) is 188 Å². The quantitative estimate of drug-likeness (QED) is 0.143. The predicted octanol–water partition coefficient (Wildman–Crippen LogP) is 16.6. The number of rotatable bonds is 8. The number of furan rings is 1. The van der Waals surface area contributed by atoms with Crippen molar-refractivity contribution in [2.24, 2.45) is 0 Å². The topological polar surface area (TPSA) is 38.9 Å². The molecule has 0 bridgehead atoms. The van der Waals surface area contributed by atoms with E-state index in [0.29, 0.717) is 5.82 Å². The second-order valence-corrected chi connectivity index (χ2v) is 16.9. The first kappa shape index (κ1) is 38.3. The second kappa shape index (κ2) is 16.1. The summed E-state index contributed by atoms with van der Waals surface area (Å²) in [6, 6.07) is 80.0. The minimum Gasteiger partial charge on any atom is -0.456 e. The molecule has 0 aliphatic carbocycles. The highest BCUT2D eigenvalue weighted by Gasteiger charge is 2.21. The molecule has 0 N–H and O–H groups in total. The Kier molecular flexibility index (Phi) is 9.46. The Morgan fingerprint density at radius 2 is 0.938 bits per heavy atom. The van der Waals surface area contributed by atoms with Gasteiger partial charge in [-0.25, -0.2) is 9.97 Å². The molecule has 2 aromatic heterocycles. The fourth-order valence-electron chi connectivity index (χ4n) is 9.66. The molecule has 12 aromatic rings. The van der Waals surface area contributed by atoms with Gasteiger partial charge >= 0.3 is 0 Å². The van der Waals surface area contributed by atoms with Crippen LogP contribution in [0.4, 0.5) is 0 Å². The van der Waals surface area contributed by atoms with Gasteiger partial charge in [0.05, 0.1) is 11.4 Å². The van der Waals surface area contributed by atoms with Crippen molar-refractivity contribution in [3.63, 3.8) is 0 Å². The van der Waals surface area contributed by atoms with Gasteiger partial charge in [0.2, 0.25) is 0 Å². The van der Waals surface area contributed by atoms with Crippen LogP contribution in [0.5, 0.6) is 0 Å². The molecule has 2 heterocycles. The molecule has 65 heavy (non-hydrogen) atoms. The average molecular weight is 831 g/mol. The van der Waals surface area contributed by atoms with E-state index < -0.39 is 0 Å². The summed E-state index contributed by atoms with van der Waals surface area (Å²) in [6.45, 7) is 2.15. The Balaban J connectivity index is 1.04. The summed E-state index contributed by atoms with van der Waals surface area (Å²) in [5, 5.41) is 7.13. The molecule has 0 saturated heterocycles. The van der Waals surface area contributed by atoms with Crippen LogP contribution in [-0.2, 0) is 6.42 Å². The van der Waals surface area contributed by atoms with Crippen LogP contribution in [0.3, 0.4) is 0 Å². The molecule has 0 radical (unpaired) electrons. The SMILES string of the molecule is Cc1c(-c2cccc(-c3ccccc3)c2)nc(-c2cccc(-c3ccccc3)c2)nc1-c1cccc2oc3ccc(-c4ccc5c(Cc6ccccc6)cc6ccccc6c5c4)cc3c12. The van der Waals surface area contributed by atoms with E-state index in [2.05, 4.69) is 225 Å². The third kappa shape index (κ3) is 7.04. The molecular weight excluding hydrogens is 789 g/mol. The fourth-order valence-corrected chi connectivity index (χ4v) is 9.66.